The summed E-state index contributed by atoms with van der Waals surface area (Å²) in [7, 11) is 0. The number of halogens is 2. The van der Waals surface area contributed by atoms with Crippen molar-refractivity contribution in [3.05, 3.63) is 71.0 Å². The number of nitrogens with zero attached hydrogens (tertiary/aromatic N) is 2. The number of rotatable bonds is 6. The number of piperidine rings is 1. The highest BCUT2D eigenvalue weighted by Crippen LogP contribution is 2.33. The molecule has 3 heterocycles. The molecule has 176 valence electrons. The molecule has 3 aromatic rings. The van der Waals surface area contributed by atoms with Gasteiger partial charge in [0.1, 0.15) is 12.4 Å². The minimum absolute atomic E-state index is 0.00456. The number of nitrogens with one attached hydrogen (secondary N) is 2. The molecule has 8 nitrogen and oxygen atoms in total. The summed E-state index contributed by atoms with van der Waals surface area (Å²) in [5.41, 5.74) is 1.77. The third kappa shape index (κ3) is 4.56. The number of oxazole rings is 1. The van der Waals surface area contributed by atoms with Crippen LogP contribution < -0.4 is 10.6 Å². The lowest BCUT2D eigenvalue weighted by Gasteiger charge is -2.33. The van der Waals surface area contributed by atoms with Crippen LogP contribution in [0.3, 0.4) is 0 Å². The molecule has 1 aromatic heterocycles. The molecule has 2 fully saturated rings. The molecule has 5 rings (SSSR count). The average Bonchev–Trinajstić information content (AvgIpc) is 3.50. The number of carbonyl (C=O) groups is 2. The molecule has 0 spiro atoms. The first-order chi connectivity index (χ1) is 16.5. The Kier molecular flexibility index (Phi) is 6.10. The number of aromatic nitrogens is 1. The second kappa shape index (κ2) is 9.34. The Bertz CT molecular complexity index is 1200. The molecule has 0 aliphatic carbocycles. The molecular weight excluding hydrogens is 463 g/mol. The average molecular weight is 485 g/mol. The summed E-state index contributed by atoms with van der Waals surface area (Å²) < 4.78 is 25.6. The molecule has 2 aromatic carbocycles. The van der Waals surface area contributed by atoms with Gasteiger partial charge in [0.2, 0.25) is 0 Å². The van der Waals surface area contributed by atoms with Gasteiger partial charge in [0.15, 0.2) is 12.2 Å². The maximum atomic E-state index is 15.0. The minimum Gasteiger partial charge on any atom is -0.447 e. The number of benzene rings is 2. The highest BCUT2D eigenvalue weighted by molar-refractivity contribution is 6.30. The highest BCUT2D eigenvalue weighted by Gasteiger charge is 2.38. The Morgan fingerprint density at radius 3 is 2.85 bits per heavy atom. The van der Waals surface area contributed by atoms with Crippen LogP contribution in [0.1, 0.15) is 28.8 Å². The third-order valence-electron chi connectivity index (χ3n) is 6.13. The van der Waals surface area contributed by atoms with E-state index in [0.29, 0.717) is 48.0 Å². The van der Waals surface area contributed by atoms with Gasteiger partial charge < -0.3 is 24.7 Å². The van der Waals surface area contributed by atoms with Gasteiger partial charge in [0, 0.05) is 35.4 Å². The lowest BCUT2D eigenvalue weighted by molar-refractivity contribution is 0.0946. The molecule has 0 saturated carbocycles. The molecule has 2 aliphatic rings. The Balaban J connectivity index is 1.37. The number of hydrogen-bond donors (Lipinski definition) is 2. The molecule has 2 atom stereocenters. The smallest absolute Gasteiger partial charge is 0.410 e. The summed E-state index contributed by atoms with van der Waals surface area (Å²) >= 11 is 5.90. The Labute approximate surface area is 200 Å². The SMILES string of the molecule is O=C(NCc1ccc(Cl)cc1)c1cc(N[C@H]2CCN3C(=O)OC[C@@H]3C2)c(-c2cnco2)cc1F. The van der Waals surface area contributed by atoms with Gasteiger partial charge in [0.05, 0.1) is 17.8 Å². The lowest BCUT2D eigenvalue weighted by Crippen LogP contribution is -2.45. The maximum absolute atomic E-state index is 15.0. The van der Waals surface area contributed by atoms with E-state index in [1.165, 1.54) is 24.7 Å². The summed E-state index contributed by atoms with van der Waals surface area (Å²) in [6.45, 7) is 1.15. The number of anilines is 1. The summed E-state index contributed by atoms with van der Waals surface area (Å²) in [6, 6.07) is 9.82. The number of cyclic esters (lactones) is 1. The van der Waals surface area contributed by atoms with Crippen LogP contribution in [0.15, 0.2) is 53.4 Å². The number of ether oxygens (including phenoxy) is 1. The van der Waals surface area contributed by atoms with Gasteiger partial charge in [-0.2, -0.15) is 0 Å². The van der Waals surface area contributed by atoms with Crippen molar-refractivity contribution in [2.45, 2.75) is 31.5 Å². The van der Waals surface area contributed by atoms with Crippen molar-refractivity contribution >= 4 is 29.3 Å². The van der Waals surface area contributed by atoms with Gasteiger partial charge in [-0.3, -0.25) is 4.79 Å². The van der Waals surface area contributed by atoms with Gasteiger partial charge in [-0.15, -0.1) is 0 Å². The first-order valence-corrected chi connectivity index (χ1v) is 11.3. The molecule has 34 heavy (non-hydrogen) atoms. The van der Waals surface area contributed by atoms with Gasteiger partial charge in [0.25, 0.3) is 5.91 Å². The van der Waals surface area contributed by atoms with Crippen LogP contribution in [0.4, 0.5) is 14.9 Å². The van der Waals surface area contributed by atoms with Crippen molar-refractivity contribution in [1.82, 2.24) is 15.2 Å². The van der Waals surface area contributed by atoms with Crippen LogP contribution in [-0.2, 0) is 11.3 Å². The van der Waals surface area contributed by atoms with E-state index in [0.717, 1.165) is 5.56 Å². The standard InChI is InChI=1S/C24H22ClFN4O4/c25-15-3-1-14(2-4-15)10-28-23(31)18-9-21(19(8-20(18)26)22-11-27-13-34-22)29-16-5-6-30-17(7-16)12-33-24(30)32/h1-4,8-9,11,13,16-17,29H,5-7,10,12H2,(H,28,31)/t16-,17-/m0/s1. The molecule has 2 N–H and O–H groups in total. The zero-order valence-electron chi connectivity index (χ0n) is 18.1. The number of hydrogen-bond acceptors (Lipinski definition) is 6. The van der Waals surface area contributed by atoms with Gasteiger partial charge >= 0.3 is 6.09 Å². The van der Waals surface area contributed by atoms with Gasteiger partial charge in [-0.1, -0.05) is 23.7 Å². The van der Waals surface area contributed by atoms with Crippen LogP contribution in [0.2, 0.25) is 5.02 Å². The van der Waals surface area contributed by atoms with Crippen molar-refractivity contribution in [3.63, 3.8) is 0 Å². The fraction of sp³-hybridized carbons (Fsp3) is 0.292. The summed E-state index contributed by atoms with van der Waals surface area (Å²) in [5.74, 6) is -0.828. The second-order valence-corrected chi connectivity index (χ2v) is 8.78. The molecule has 0 radical (unpaired) electrons. The third-order valence-corrected chi connectivity index (χ3v) is 6.38. The fourth-order valence-electron chi connectivity index (χ4n) is 4.35. The van der Waals surface area contributed by atoms with E-state index >= 15 is 4.39 Å². The van der Waals surface area contributed by atoms with Crippen LogP contribution in [-0.4, -0.2) is 47.1 Å². The van der Waals surface area contributed by atoms with Crippen molar-refractivity contribution in [2.75, 3.05) is 18.5 Å². The molecular formula is C24H22ClFN4O4. The van der Waals surface area contributed by atoms with E-state index in [1.807, 2.05) is 0 Å². The van der Waals surface area contributed by atoms with Crippen molar-refractivity contribution in [1.29, 1.82) is 0 Å². The Hall–Kier alpha value is -3.59. The van der Waals surface area contributed by atoms with Crippen molar-refractivity contribution < 1.29 is 23.1 Å². The van der Waals surface area contributed by atoms with Gasteiger partial charge in [-0.25, -0.2) is 14.2 Å². The largest absolute Gasteiger partial charge is 0.447 e. The van der Waals surface area contributed by atoms with Crippen molar-refractivity contribution in [2.24, 2.45) is 0 Å². The number of carbonyl (C=O) groups excluding carboxylic acids is 2. The van der Waals surface area contributed by atoms with Crippen LogP contribution in [0.25, 0.3) is 11.3 Å². The van der Waals surface area contributed by atoms with Crippen LogP contribution in [0.5, 0.6) is 0 Å². The topological polar surface area (TPSA) is 96.7 Å². The van der Waals surface area contributed by atoms with Crippen LogP contribution >= 0.6 is 11.6 Å². The van der Waals surface area contributed by atoms with E-state index in [2.05, 4.69) is 15.6 Å². The van der Waals surface area contributed by atoms with Gasteiger partial charge in [-0.05, 0) is 42.7 Å². The minimum atomic E-state index is -0.671. The predicted octanol–water partition coefficient (Wildman–Crippen LogP) is 4.46. The van der Waals surface area contributed by atoms with E-state index in [4.69, 9.17) is 20.8 Å². The molecule has 2 aliphatic heterocycles. The highest BCUT2D eigenvalue weighted by atomic mass is 35.5. The zero-order valence-corrected chi connectivity index (χ0v) is 18.8. The fourth-order valence-corrected chi connectivity index (χ4v) is 4.48. The van der Waals surface area contributed by atoms with Crippen molar-refractivity contribution in [3.8, 4) is 11.3 Å². The predicted molar refractivity (Wildman–Crippen MR) is 123 cm³/mol. The number of amides is 2. The quantitative estimate of drug-likeness (QED) is 0.536. The molecule has 0 bridgehead atoms. The molecule has 0 unspecified atom stereocenters. The van der Waals surface area contributed by atoms with E-state index < -0.39 is 11.7 Å². The second-order valence-electron chi connectivity index (χ2n) is 8.34. The zero-order chi connectivity index (χ0) is 23.7. The maximum Gasteiger partial charge on any atom is 0.410 e. The number of fused-ring (bicyclic) bond motifs is 1. The van der Waals surface area contributed by atoms with E-state index in [-0.39, 0.29) is 30.3 Å². The first-order valence-electron chi connectivity index (χ1n) is 10.9. The molecule has 10 heteroatoms. The lowest BCUT2D eigenvalue weighted by atomic mass is 9.97. The molecule has 2 saturated heterocycles. The van der Waals surface area contributed by atoms with E-state index in [1.54, 1.807) is 29.2 Å². The Morgan fingerprint density at radius 2 is 2.09 bits per heavy atom. The Morgan fingerprint density at radius 1 is 1.26 bits per heavy atom. The van der Waals surface area contributed by atoms with Crippen LogP contribution in [0, 0.1) is 5.82 Å². The summed E-state index contributed by atoms with van der Waals surface area (Å²) in [4.78, 5) is 30.3. The first kappa shape index (κ1) is 22.2. The normalized spacial score (nSPS) is 19.5. The van der Waals surface area contributed by atoms with E-state index in [9.17, 15) is 9.59 Å². The summed E-state index contributed by atoms with van der Waals surface area (Å²) in [6.07, 6.45) is 3.84. The summed E-state index contributed by atoms with van der Waals surface area (Å²) in [5, 5.41) is 6.77. The monoisotopic (exact) mass is 484 g/mol. The molecule has 2 amide bonds.